The molecule has 4 nitrogen and oxygen atoms in total. The van der Waals surface area contributed by atoms with Crippen molar-refractivity contribution in [1.82, 2.24) is 0 Å². The number of aryl methyl sites for hydroxylation is 2. The molecule has 1 atom stereocenters. The topological polar surface area (TPSA) is 53.6 Å². The van der Waals surface area contributed by atoms with Crippen LogP contribution < -0.4 is 16.0 Å². The summed E-state index contributed by atoms with van der Waals surface area (Å²) in [5, 5.41) is 3.25. The molecule has 2 aromatic rings. The Hall–Kier alpha value is -1.28. The Morgan fingerprint density at radius 2 is 2.04 bits per heavy atom. The second-order valence-corrected chi connectivity index (χ2v) is 8.18. The summed E-state index contributed by atoms with van der Waals surface area (Å²) in [6, 6.07) is 15.0. The molecule has 0 amide bonds. The van der Waals surface area contributed by atoms with Gasteiger partial charge in [0.2, 0.25) is 0 Å². The van der Waals surface area contributed by atoms with E-state index in [0.29, 0.717) is 11.9 Å². The second kappa shape index (κ2) is 9.28. The molecule has 3 N–H and O–H groups in total. The Balaban J connectivity index is 0.00000210. The Morgan fingerprint density at radius 1 is 1.19 bits per heavy atom. The number of anilines is 2. The number of halogens is 2. The van der Waals surface area contributed by atoms with E-state index < -0.39 is 0 Å². The second-order valence-electron chi connectivity index (χ2n) is 7.27. The molecule has 1 unspecified atom stereocenters. The minimum Gasteiger partial charge on any atom is -0.371 e. The summed E-state index contributed by atoms with van der Waals surface area (Å²) in [6.45, 7) is 2.88. The molecule has 1 aliphatic heterocycles. The molecular weight excluding hydrogens is 515 g/mol. The quantitative estimate of drug-likeness (QED) is 0.332. The van der Waals surface area contributed by atoms with Gasteiger partial charge < -0.3 is 16.0 Å². The summed E-state index contributed by atoms with van der Waals surface area (Å²) in [7, 11) is 0. The van der Waals surface area contributed by atoms with Crippen LogP contribution in [0.25, 0.3) is 0 Å². The zero-order valence-corrected chi connectivity index (χ0v) is 19.2. The molecular formula is C21H26BrIN4. The molecule has 27 heavy (non-hydrogen) atoms. The van der Waals surface area contributed by atoms with Crippen molar-refractivity contribution in [2.45, 2.75) is 25.7 Å². The van der Waals surface area contributed by atoms with Gasteiger partial charge in [0.25, 0.3) is 0 Å². The molecule has 1 aliphatic carbocycles. The fourth-order valence-corrected chi connectivity index (χ4v) is 4.34. The number of aliphatic imine (C=N–C) groups is 1. The van der Waals surface area contributed by atoms with E-state index in [1.54, 1.807) is 0 Å². The average molecular weight is 541 g/mol. The molecule has 6 heteroatoms. The van der Waals surface area contributed by atoms with Crippen molar-refractivity contribution in [3.8, 4) is 0 Å². The number of fused-ring (bicyclic) bond motifs is 1. The zero-order valence-electron chi connectivity index (χ0n) is 15.3. The van der Waals surface area contributed by atoms with E-state index in [9.17, 15) is 0 Å². The van der Waals surface area contributed by atoms with Crippen LogP contribution in [0.1, 0.15) is 24.0 Å². The summed E-state index contributed by atoms with van der Waals surface area (Å²) in [5.74, 6) is 1.07. The van der Waals surface area contributed by atoms with E-state index in [4.69, 9.17) is 5.73 Å². The van der Waals surface area contributed by atoms with Crippen molar-refractivity contribution in [3.63, 3.8) is 0 Å². The standard InChI is InChI=1S/C21H25BrN4.HI/c22-18-5-2-6-20(12-18)26-10-9-15(14-26)13-24-21(23)25-19-8-7-16-3-1-4-17(16)11-19;/h2,5-8,11-12,15H,1,3-4,9-10,13-14H2,(H3,23,24,25);1H. The van der Waals surface area contributed by atoms with Crippen LogP contribution in [-0.4, -0.2) is 25.6 Å². The van der Waals surface area contributed by atoms with Crippen LogP contribution in [0.5, 0.6) is 0 Å². The average Bonchev–Trinajstić information content (AvgIpc) is 3.29. The van der Waals surface area contributed by atoms with Gasteiger partial charge in [-0.3, -0.25) is 4.99 Å². The summed E-state index contributed by atoms with van der Waals surface area (Å²) < 4.78 is 1.12. The Morgan fingerprint density at radius 3 is 2.89 bits per heavy atom. The number of benzene rings is 2. The third-order valence-electron chi connectivity index (χ3n) is 5.35. The van der Waals surface area contributed by atoms with Gasteiger partial charge in [0, 0.05) is 35.5 Å². The third kappa shape index (κ3) is 5.16. The van der Waals surface area contributed by atoms with Gasteiger partial charge in [0.15, 0.2) is 5.96 Å². The highest BCUT2D eigenvalue weighted by Crippen LogP contribution is 2.27. The fourth-order valence-electron chi connectivity index (χ4n) is 3.95. The zero-order chi connectivity index (χ0) is 17.9. The van der Waals surface area contributed by atoms with Gasteiger partial charge in [-0.1, -0.05) is 28.1 Å². The summed E-state index contributed by atoms with van der Waals surface area (Å²) in [6.07, 6.45) is 4.80. The number of rotatable bonds is 4. The van der Waals surface area contributed by atoms with Crippen molar-refractivity contribution in [2.75, 3.05) is 29.9 Å². The van der Waals surface area contributed by atoms with E-state index in [-0.39, 0.29) is 24.0 Å². The van der Waals surface area contributed by atoms with Crippen molar-refractivity contribution >= 4 is 57.2 Å². The number of nitrogens with two attached hydrogens (primary N) is 1. The molecule has 144 valence electrons. The molecule has 1 saturated heterocycles. The lowest BCUT2D eigenvalue weighted by molar-refractivity contribution is 0.603. The lowest BCUT2D eigenvalue weighted by Gasteiger charge is -2.18. The number of guanidine groups is 1. The first-order chi connectivity index (χ1) is 12.7. The van der Waals surface area contributed by atoms with Gasteiger partial charge in [-0.15, -0.1) is 24.0 Å². The molecule has 0 aromatic heterocycles. The monoisotopic (exact) mass is 540 g/mol. The van der Waals surface area contributed by atoms with Gasteiger partial charge in [-0.05, 0) is 73.1 Å². The lowest BCUT2D eigenvalue weighted by atomic mass is 10.1. The molecule has 0 spiro atoms. The lowest BCUT2D eigenvalue weighted by Crippen LogP contribution is -2.25. The van der Waals surface area contributed by atoms with Crippen LogP contribution in [0.15, 0.2) is 51.9 Å². The summed E-state index contributed by atoms with van der Waals surface area (Å²) in [5.41, 5.74) is 11.4. The van der Waals surface area contributed by atoms with Crippen LogP contribution in [0.4, 0.5) is 11.4 Å². The maximum Gasteiger partial charge on any atom is 0.193 e. The highest BCUT2D eigenvalue weighted by atomic mass is 127. The number of hydrogen-bond donors (Lipinski definition) is 2. The van der Waals surface area contributed by atoms with Crippen molar-refractivity contribution in [3.05, 3.63) is 58.1 Å². The summed E-state index contributed by atoms with van der Waals surface area (Å²) >= 11 is 3.55. The first-order valence-corrected chi connectivity index (χ1v) is 10.2. The van der Waals surface area contributed by atoms with Gasteiger partial charge >= 0.3 is 0 Å². The van der Waals surface area contributed by atoms with E-state index in [0.717, 1.165) is 36.2 Å². The molecule has 0 saturated carbocycles. The first kappa shape index (κ1) is 20.5. The van der Waals surface area contributed by atoms with Gasteiger partial charge in [0.1, 0.15) is 0 Å². The predicted octanol–water partition coefficient (Wildman–Crippen LogP) is 4.81. The van der Waals surface area contributed by atoms with Crippen LogP contribution in [0.3, 0.4) is 0 Å². The SMILES string of the molecule is I.NC(=NCC1CCN(c2cccc(Br)c2)C1)Nc1ccc2c(c1)CCC2. The predicted molar refractivity (Wildman–Crippen MR) is 128 cm³/mol. The van der Waals surface area contributed by atoms with E-state index in [2.05, 4.69) is 73.6 Å². The molecule has 2 aliphatic rings. The smallest absolute Gasteiger partial charge is 0.193 e. The van der Waals surface area contributed by atoms with Gasteiger partial charge in [-0.2, -0.15) is 0 Å². The number of nitrogens with zero attached hydrogens (tertiary/aromatic N) is 2. The molecule has 0 radical (unpaired) electrons. The maximum absolute atomic E-state index is 6.11. The first-order valence-electron chi connectivity index (χ1n) is 9.36. The molecule has 0 bridgehead atoms. The number of nitrogens with one attached hydrogen (secondary N) is 1. The van der Waals surface area contributed by atoms with Crippen LogP contribution in [-0.2, 0) is 12.8 Å². The van der Waals surface area contributed by atoms with E-state index in [1.807, 2.05) is 0 Å². The van der Waals surface area contributed by atoms with Crippen molar-refractivity contribution in [2.24, 2.45) is 16.6 Å². The van der Waals surface area contributed by atoms with Crippen molar-refractivity contribution in [1.29, 1.82) is 0 Å². The third-order valence-corrected chi connectivity index (χ3v) is 5.84. The van der Waals surface area contributed by atoms with Gasteiger partial charge in [-0.25, -0.2) is 0 Å². The highest BCUT2D eigenvalue weighted by molar-refractivity contribution is 14.0. The summed E-state index contributed by atoms with van der Waals surface area (Å²) in [4.78, 5) is 7.01. The maximum atomic E-state index is 6.11. The van der Waals surface area contributed by atoms with E-state index >= 15 is 0 Å². The molecule has 4 rings (SSSR count). The van der Waals surface area contributed by atoms with Crippen LogP contribution in [0, 0.1) is 5.92 Å². The van der Waals surface area contributed by atoms with Crippen LogP contribution in [0.2, 0.25) is 0 Å². The Kier molecular flexibility index (Phi) is 7.03. The molecule has 1 heterocycles. The highest BCUT2D eigenvalue weighted by Gasteiger charge is 2.22. The Labute approximate surface area is 186 Å². The fraction of sp³-hybridized carbons (Fsp3) is 0.381. The normalized spacial score (nSPS) is 18.9. The van der Waals surface area contributed by atoms with Crippen LogP contribution >= 0.6 is 39.9 Å². The minimum absolute atomic E-state index is 0. The molecule has 1 fully saturated rings. The Bertz CT molecular complexity index is 824. The van der Waals surface area contributed by atoms with E-state index in [1.165, 1.54) is 36.1 Å². The van der Waals surface area contributed by atoms with Crippen molar-refractivity contribution < 1.29 is 0 Å². The molecule has 2 aromatic carbocycles. The number of hydrogen-bond acceptors (Lipinski definition) is 2. The largest absolute Gasteiger partial charge is 0.371 e. The van der Waals surface area contributed by atoms with Gasteiger partial charge in [0.05, 0.1) is 0 Å². The minimum atomic E-state index is 0.